The molecule has 11 heteroatoms. The summed E-state index contributed by atoms with van der Waals surface area (Å²) >= 11 is 0. The molecule has 0 unspecified atom stereocenters. The Hall–Kier alpha value is -2.57. The molecular formula is C21H27F2IN4O4. The molecule has 176 valence electrons. The highest BCUT2D eigenvalue weighted by Crippen LogP contribution is 2.39. The minimum absolute atomic E-state index is 0. The van der Waals surface area contributed by atoms with E-state index in [4.69, 9.17) is 9.47 Å². The van der Waals surface area contributed by atoms with Gasteiger partial charge in [-0.15, -0.1) is 24.0 Å². The van der Waals surface area contributed by atoms with Gasteiger partial charge in [0.05, 0.1) is 6.54 Å². The van der Waals surface area contributed by atoms with Crippen LogP contribution in [0, 0.1) is 0 Å². The Morgan fingerprint density at radius 1 is 1.22 bits per heavy atom. The number of pyridine rings is 1. The number of aliphatic imine (C=N–C) groups is 1. The molecule has 0 aliphatic carbocycles. The lowest BCUT2D eigenvalue weighted by Gasteiger charge is -2.13. The molecule has 0 spiro atoms. The van der Waals surface area contributed by atoms with E-state index in [0.29, 0.717) is 42.7 Å². The highest BCUT2D eigenvalue weighted by atomic mass is 127. The number of nitrogens with zero attached hydrogens (tertiary/aromatic N) is 2. The number of fused-ring (bicyclic) bond motifs is 1. The first kappa shape index (κ1) is 25.7. The number of hydrogen-bond donors (Lipinski definition) is 2. The van der Waals surface area contributed by atoms with E-state index in [2.05, 4.69) is 20.4 Å². The number of ether oxygens (including phenoxy) is 3. The van der Waals surface area contributed by atoms with Crippen LogP contribution in [0.25, 0.3) is 0 Å². The zero-order valence-corrected chi connectivity index (χ0v) is 20.0. The number of aryl methyl sites for hydroxylation is 1. The minimum atomic E-state index is -2.95. The van der Waals surface area contributed by atoms with E-state index in [0.717, 1.165) is 12.8 Å². The number of alkyl halides is 2. The second-order valence-corrected chi connectivity index (χ2v) is 6.75. The molecule has 0 saturated carbocycles. The van der Waals surface area contributed by atoms with Crippen molar-refractivity contribution in [1.82, 2.24) is 15.2 Å². The van der Waals surface area contributed by atoms with Crippen LogP contribution in [-0.2, 0) is 13.1 Å². The first-order chi connectivity index (χ1) is 15.1. The van der Waals surface area contributed by atoms with E-state index in [1.54, 1.807) is 22.9 Å². The van der Waals surface area contributed by atoms with Crippen molar-refractivity contribution in [2.75, 3.05) is 19.9 Å². The molecule has 0 fully saturated rings. The third-order valence-corrected chi connectivity index (χ3v) is 4.54. The quantitative estimate of drug-likeness (QED) is 0.200. The van der Waals surface area contributed by atoms with E-state index in [9.17, 15) is 13.6 Å². The fourth-order valence-electron chi connectivity index (χ4n) is 3.06. The number of nitrogens with one attached hydrogen (secondary N) is 2. The molecule has 8 nitrogen and oxygen atoms in total. The van der Waals surface area contributed by atoms with Crippen molar-refractivity contribution in [1.29, 1.82) is 0 Å². The molecule has 0 radical (unpaired) electrons. The Labute approximate surface area is 202 Å². The summed E-state index contributed by atoms with van der Waals surface area (Å²) in [6.45, 7) is 1.07. The number of unbranched alkanes of at least 4 members (excludes halogenated alkanes) is 1. The molecule has 0 atom stereocenters. The van der Waals surface area contributed by atoms with Crippen molar-refractivity contribution in [3.63, 3.8) is 0 Å². The van der Waals surface area contributed by atoms with Gasteiger partial charge in [0.15, 0.2) is 17.5 Å². The highest BCUT2D eigenvalue weighted by Gasteiger charge is 2.20. The number of guanidine groups is 1. The van der Waals surface area contributed by atoms with Gasteiger partial charge in [-0.05, 0) is 31.9 Å². The van der Waals surface area contributed by atoms with E-state index in [1.165, 1.54) is 12.1 Å². The molecule has 0 bridgehead atoms. The summed E-state index contributed by atoms with van der Waals surface area (Å²) in [6, 6.07) is 8.08. The third-order valence-electron chi connectivity index (χ3n) is 4.54. The average molecular weight is 564 g/mol. The van der Waals surface area contributed by atoms with Crippen LogP contribution in [0.4, 0.5) is 8.78 Å². The molecule has 1 aromatic heterocycles. The van der Waals surface area contributed by atoms with Crippen molar-refractivity contribution in [3.8, 4) is 17.2 Å². The van der Waals surface area contributed by atoms with Crippen molar-refractivity contribution in [3.05, 3.63) is 52.4 Å². The Balaban J connectivity index is 0.00000363. The van der Waals surface area contributed by atoms with Crippen molar-refractivity contribution >= 4 is 29.9 Å². The van der Waals surface area contributed by atoms with Crippen molar-refractivity contribution in [2.24, 2.45) is 4.99 Å². The normalized spacial score (nSPS) is 12.4. The molecule has 0 saturated heterocycles. The van der Waals surface area contributed by atoms with E-state index in [-0.39, 0.29) is 48.6 Å². The molecule has 2 aromatic rings. The number of halogens is 3. The van der Waals surface area contributed by atoms with Gasteiger partial charge in [0.1, 0.15) is 5.75 Å². The highest BCUT2D eigenvalue weighted by molar-refractivity contribution is 14.0. The van der Waals surface area contributed by atoms with Gasteiger partial charge < -0.3 is 29.4 Å². The fraction of sp³-hybridized carbons (Fsp3) is 0.429. The smallest absolute Gasteiger partial charge is 0.387 e. The van der Waals surface area contributed by atoms with Crippen molar-refractivity contribution < 1.29 is 23.0 Å². The molecule has 2 heterocycles. The minimum Gasteiger partial charge on any atom is -0.454 e. The van der Waals surface area contributed by atoms with E-state index < -0.39 is 6.61 Å². The average Bonchev–Trinajstić information content (AvgIpc) is 3.19. The second-order valence-electron chi connectivity index (χ2n) is 6.75. The predicted molar refractivity (Wildman–Crippen MR) is 127 cm³/mol. The lowest BCUT2D eigenvalue weighted by atomic mass is 10.1. The molecular weight excluding hydrogens is 537 g/mol. The van der Waals surface area contributed by atoms with Gasteiger partial charge in [-0.2, -0.15) is 8.78 Å². The maximum atomic E-state index is 12.8. The lowest BCUT2D eigenvalue weighted by Crippen LogP contribution is -2.37. The molecule has 0 amide bonds. The van der Waals surface area contributed by atoms with Crippen LogP contribution < -0.4 is 30.4 Å². The van der Waals surface area contributed by atoms with Gasteiger partial charge in [-0.1, -0.05) is 6.07 Å². The summed E-state index contributed by atoms with van der Waals surface area (Å²) in [4.78, 5) is 16.2. The summed E-state index contributed by atoms with van der Waals surface area (Å²) in [5.74, 6) is 1.40. The maximum absolute atomic E-state index is 12.8. The van der Waals surface area contributed by atoms with Gasteiger partial charge in [0.2, 0.25) is 12.4 Å². The summed E-state index contributed by atoms with van der Waals surface area (Å²) in [7, 11) is 0. The fourth-order valence-corrected chi connectivity index (χ4v) is 3.06. The summed E-state index contributed by atoms with van der Waals surface area (Å²) in [6.07, 6.45) is 3.42. The molecule has 1 aliphatic heterocycles. The second kappa shape index (κ2) is 13.1. The maximum Gasteiger partial charge on any atom is 0.387 e. The molecule has 1 aromatic carbocycles. The standard InChI is InChI=1S/C21H26F2N4O4.HI/c1-2-24-21(25-8-4-6-10-27-9-5-3-7-19(27)28)26-13-15-11-17-18(30-14-29-17)12-16(15)31-20(22)23;/h3,5,7,9,11-12,20H,2,4,6,8,10,13-14H2,1H3,(H2,24,25,26);1H. The zero-order valence-electron chi connectivity index (χ0n) is 17.7. The van der Waals surface area contributed by atoms with Crippen LogP contribution in [0.2, 0.25) is 0 Å². The van der Waals surface area contributed by atoms with E-state index in [1.807, 2.05) is 13.0 Å². The number of hydrogen-bond acceptors (Lipinski definition) is 5. The Kier molecular flexibility index (Phi) is 10.5. The van der Waals surface area contributed by atoms with Crippen molar-refractivity contribution in [2.45, 2.75) is 39.5 Å². The summed E-state index contributed by atoms with van der Waals surface area (Å²) in [5.41, 5.74) is 0.445. The van der Waals surface area contributed by atoms with Gasteiger partial charge in [0.25, 0.3) is 0 Å². The topological polar surface area (TPSA) is 86.1 Å². The van der Waals surface area contributed by atoms with Gasteiger partial charge in [-0.3, -0.25) is 4.79 Å². The monoisotopic (exact) mass is 564 g/mol. The van der Waals surface area contributed by atoms with Crippen LogP contribution in [0.5, 0.6) is 17.2 Å². The largest absolute Gasteiger partial charge is 0.454 e. The lowest BCUT2D eigenvalue weighted by molar-refractivity contribution is -0.0505. The molecule has 32 heavy (non-hydrogen) atoms. The summed E-state index contributed by atoms with van der Waals surface area (Å²) < 4.78 is 42.4. The number of benzene rings is 1. The Morgan fingerprint density at radius 2 is 2.00 bits per heavy atom. The summed E-state index contributed by atoms with van der Waals surface area (Å²) in [5, 5.41) is 6.33. The predicted octanol–water partition coefficient (Wildman–Crippen LogP) is 3.33. The number of aromatic nitrogens is 1. The van der Waals surface area contributed by atoms with Gasteiger partial charge in [-0.25, -0.2) is 4.99 Å². The third kappa shape index (κ3) is 7.53. The van der Waals surface area contributed by atoms with E-state index >= 15 is 0 Å². The van der Waals surface area contributed by atoms with Crippen LogP contribution in [0.3, 0.4) is 0 Å². The first-order valence-electron chi connectivity index (χ1n) is 10.1. The van der Waals surface area contributed by atoms with Crippen LogP contribution in [-0.4, -0.2) is 37.0 Å². The van der Waals surface area contributed by atoms with Gasteiger partial charge in [0, 0.05) is 43.5 Å². The van der Waals surface area contributed by atoms with Crippen LogP contribution >= 0.6 is 24.0 Å². The SMILES string of the molecule is CCNC(=NCc1cc2c(cc1OC(F)F)OCO2)NCCCCn1ccccc1=O.I. The van der Waals surface area contributed by atoms with Crippen LogP contribution in [0.1, 0.15) is 25.3 Å². The molecule has 3 rings (SSSR count). The van der Waals surface area contributed by atoms with Crippen LogP contribution in [0.15, 0.2) is 46.3 Å². The molecule has 1 aliphatic rings. The number of rotatable bonds is 10. The Morgan fingerprint density at radius 3 is 2.72 bits per heavy atom. The van der Waals surface area contributed by atoms with Gasteiger partial charge >= 0.3 is 6.61 Å². The molecule has 2 N–H and O–H groups in total. The zero-order chi connectivity index (χ0) is 22.1. The first-order valence-corrected chi connectivity index (χ1v) is 10.1. The Bertz CT molecular complexity index is 956.